The lowest BCUT2D eigenvalue weighted by Gasteiger charge is -2.23. The molecule has 0 aliphatic carbocycles. The van der Waals surface area contributed by atoms with Crippen LogP contribution in [0.25, 0.3) is 0 Å². The molecule has 5 heteroatoms. The number of para-hydroxylation sites is 3. The van der Waals surface area contributed by atoms with E-state index in [4.69, 9.17) is 4.74 Å². The smallest absolute Gasteiger partial charge is 0.262 e. The zero-order chi connectivity index (χ0) is 20.2. The SMILES string of the molecule is CC(=O)c1ccc(OCC(=O)Nc2ccccc2N2CCc3ccccc32)cc1. The molecule has 0 saturated carbocycles. The average molecular weight is 386 g/mol. The van der Waals surface area contributed by atoms with Crippen molar-refractivity contribution in [2.24, 2.45) is 0 Å². The Labute approximate surface area is 169 Å². The molecule has 0 radical (unpaired) electrons. The Kier molecular flexibility index (Phi) is 5.29. The summed E-state index contributed by atoms with van der Waals surface area (Å²) in [4.78, 5) is 26.0. The molecule has 1 amide bonds. The van der Waals surface area contributed by atoms with E-state index in [1.807, 2.05) is 30.3 Å². The molecule has 1 aliphatic rings. The van der Waals surface area contributed by atoms with Crippen molar-refractivity contribution in [1.82, 2.24) is 0 Å². The van der Waals surface area contributed by atoms with E-state index in [-0.39, 0.29) is 18.3 Å². The van der Waals surface area contributed by atoms with Crippen molar-refractivity contribution < 1.29 is 14.3 Å². The Morgan fingerprint density at radius 1 is 0.931 bits per heavy atom. The molecule has 0 fully saturated rings. The van der Waals surface area contributed by atoms with Gasteiger partial charge in [0, 0.05) is 17.8 Å². The highest BCUT2D eigenvalue weighted by Crippen LogP contribution is 2.38. The van der Waals surface area contributed by atoms with Crippen LogP contribution in [0.4, 0.5) is 17.1 Å². The maximum absolute atomic E-state index is 12.5. The number of carbonyl (C=O) groups excluding carboxylic acids is 2. The summed E-state index contributed by atoms with van der Waals surface area (Å²) < 4.78 is 5.56. The summed E-state index contributed by atoms with van der Waals surface area (Å²) in [5.74, 6) is 0.307. The lowest BCUT2D eigenvalue weighted by molar-refractivity contribution is -0.118. The highest BCUT2D eigenvalue weighted by atomic mass is 16.5. The van der Waals surface area contributed by atoms with Gasteiger partial charge >= 0.3 is 0 Å². The molecule has 0 bridgehead atoms. The minimum atomic E-state index is -0.236. The number of ether oxygens (including phenoxy) is 1. The number of anilines is 3. The molecule has 4 rings (SSSR count). The second-order valence-corrected chi connectivity index (χ2v) is 6.96. The van der Waals surface area contributed by atoms with E-state index in [1.165, 1.54) is 18.2 Å². The van der Waals surface area contributed by atoms with Crippen LogP contribution in [0, 0.1) is 0 Å². The first-order valence-electron chi connectivity index (χ1n) is 9.60. The van der Waals surface area contributed by atoms with Gasteiger partial charge in [0.05, 0.1) is 11.4 Å². The van der Waals surface area contributed by atoms with E-state index < -0.39 is 0 Å². The van der Waals surface area contributed by atoms with Gasteiger partial charge in [0.1, 0.15) is 5.75 Å². The first kappa shape index (κ1) is 18.7. The molecule has 0 atom stereocenters. The maximum Gasteiger partial charge on any atom is 0.262 e. The lowest BCUT2D eigenvalue weighted by Crippen LogP contribution is -2.22. The van der Waals surface area contributed by atoms with E-state index in [1.54, 1.807) is 24.3 Å². The van der Waals surface area contributed by atoms with Crippen LogP contribution in [0.15, 0.2) is 72.8 Å². The minimum Gasteiger partial charge on any atom is -0.484 e. The second-order valence-electron chi connectivity index (χ2n) is 6.96. The number of hydrogen-bond acceptors (Lipinski definition) is 4. The Morgan fingerprint density at radius 2 is 1.62 bits per heavy atom. The number of ketones is 1. The van der Waals surface area contributed by atoms with Crippen molar-refractivity contribution in [3.8, 4) is 5.75 Å². The number of benzene rings is 3. The third kappa shape index (κ3) is 4.14. The molecule has 1 heterocycles. The summed E-state index contributed by atoms with van der Waals surface area (Å²) >= 11 is 0. The zero-order valence-corrected chi connectivity index (χ0v) is 16.2. The van der Waals surface area contributed by atoms with Gasteiger partial charge in [0.15, 0.2) is 12.4 Å². The topological polar surface area (TPSA) is 58.6 Å². The van der Waals surface area contributed by atoms with E-state index in [9.17, 15) is 9.59 Å². The van der Waals surface area contributed by atoms with Crippen LogP contribution in [0.3, 0.4) is 0 Å². The van der Waals surface area contributed by atoms with Crippen LogP contribution in [-0.4, -0.2) is 24.8 Å². The van der Waals surface area contributed by atoms with Crippen LogP contribution in [-0.2, 0) is 11.2 Å². The monoisotopic (exact) mass is 386 g/mol. The van der Waals surface area contributed by atoms with Crippen molar-refractivity contribution in [2.75, 3.05) is 23.4 Å². The number of rotatable bonds is 6. The molecule has 1 N–H and O–H groups in total. The fourth-order valence-corrected chi connectivity index (χ4v) is 3.52. The average Bonchev–Trinajstić information content (AvgIpc) is 3.17. The minimum absolute atomic E-state index is 0.00520. The summed E-state index contributed by atoms with van der Waals surface area (Å²) in [5.41, 5.74) is 4.82. The molecule has 0 saturated heterocycles. The Morgan fingerprint density at radius 3 is 2.38 bits per heavy atom. The molecule has 0 unspecified atom stereocenters. The van der Waals surface area contributed by atoms with E-state index in [0.717, 1.165) is 24.3 Å². The molecular formula is C24H22N2O3. The Balaban J connectivity index is 1.44. The molecule has 5 nitrogen and oxygen atoms in total. The summed E-state index contributed by atoms with van der Waals surface area (Å²) in [6.45, 7) is 2.29. The van der Waals surface area contributed by atoms with Gasteiger partial charge in [-0.05, 0) is 61.4 Å². The van der Waals surface area contributed by atoms with Crippen LogP contribution in [0.1, 0.15) is 22.8 Å². The zero-order valence-electron chi connectivity index (χ0n) is 16.2. The van der Waals surface area contributed by atoms with Crippen molar-refractivity contribution in [1.29, 1.82) is 0 Å². The predicted octanol–water partition coefficient (Wildman–Crippen LogP) is 4.60. The highest BCUT2D eigenvalue weighted by molar-refractivity contribution is 5.96. The fourth-order valence-electron chi connectivity index (χ4n) is 3.52. The van der Waals surface area contributed by atoms with Gasteiger partial charge in [-0.15, -0.1) is 0 Å². The molecule has 3 aromatic carbocycles. The number of carbonyl (C=O) groups is 2. The van der Waals surface area contributed by atoms with Gasteiger partial charge in [0.2, 0.25) is 0 Å². The van der Waals surface area contributed by atoms with Gasteiger partial charge in [-0.25, -0.2) is 0 Å². The first-order chi connectivity index (χ1) is 14.1. The number of hydrogen-bond donors (Lipinski definition) is 1. The number of nitrogens with zero attached hydrogens (tertiary/aromatic N) is 1. The molecule has 0 spiro atoms. The lowest BCUT2D eigenvalue weighted by atomic mass is 10.1. The van der Waals surface area contributed by atoms with Crippen molar-refractivity contribution in [3.63, 3.8) is 0 Å². The number of fused-ring (bicyclic) bond motifs is 1. The highest BCUT2D eigenvalue weighted by Gasteiger charge is 2.22. The quantitative estimate of drug-likeness (QED) is 0.629. The molecule has 1 aliphatic heterocycles. The summed E-state index contributed by atoms with van der Waals surface area (Å²) in [5, 5.41) is 2.96. The molecule has 146 valence electrons. The summed E-state index contributed by atoms with van der Waals surface area (Å²) in [6.07, 6.45) is 0.984. The fraction of sp³-hybridized carbons (Fsp3) is 0.167. The largest absolute Gasteiger partial charge is 0.484 e. The van der Waals surface area contributed by atoms with Gasteiger partial charge in [0.25, 0.3) is 5.91 Å². The summed E-state index contributed by atoms with van der Waals surface area (Å²) in [7, 11) is 0. The normalized spacial score (nSPS) is 12.4. The molecule has 0 aromatic heterocycles. The van der Waals surface area contributed by atoms with Crippen molar-refractivity contribution in [2.45, 2.75) is 13.3 Å². The Bertz CT molecular complexity index is 1040. The van der Waals surface area contributed by atoms with Crippen LogP contribution < -0.4 is 15.0 Å². The van der Waals surface area contributed by atoms with Crippen LogP contribution in [0.5, 0.6) is 5.75 Å². The van der Waals surface area contributed by atoms with E-state index in [2.05, 4.69) is 28.4 Å². The van der Waals surface area contributed by atoms with E-state index in [0.29, 0.717) is 11.3 Å². The molecule has 3 aromatic rings. The van der Waals surface area contributed by atoms with Gasteiger partial charge in [-0.3, -0.25) is 9.59 Å². The second kappa shape index (κ2) is 8.19. The molecule has 29 heavy (non-hydrogen) atoms. The molecular weight excluding hydrogens is 364 g/mol. The Hall–Kier alpha value is -3.60. The maximum atomic E-state index is 12.5. The van der Waals surface area contributed by atoms with Crippen LogP contribution >= 0.6 is 0 Å². The van der Waals surface area contributed by atoms with Gasteiger partial charge in [-0.1, -0.05) is 30.3 Å². The number of amides is 1. The van der Waals surface area contributed by atoms with E-state index >= 15 is 0 Å². The third-order valence-corrected chi connectivity index (χ3v) is 4.99. The van der Waals surface area contributed by atoms with Gasteiger partial charge < -0.3 is 15.0 Å². The third-order valence-electron chi connectivity index (χ3n) is 4.99. The predicted molar refractivity (Wildman–Crippen MR) is 114 cm³/mol. The standard InChI is InChI=1S/C24H22N2O3/c1-17(27)18-10-12-20(13-11-18)29-16-24(28)25-21-7-3-5-9-23(21)26-15-14-19-6-2-4-8-22(19)26/h2-13H,14-16H2,1H3,(H,25,28). The number of nitrogens with one attached hydrogen (secondary N) is 1. The van der Waals surface area contributed by atoms with Gasteiger partial charge in [-0.2, -0.15) is 0 Å². The van der Waals surface area contributed by atoms with Crippen LogP contribution in [0.2, 0.25) is 0 Å². The summed E-state index contributed by atoms with van der Waals surface area (Å²) in [6, 6.07) is 22.9. The number of Topliss-reactive ketones (excluding diaryl/α,β-unsaturated/α-hetero) is 1. The van der Waals surface area contributed by atoms with Crippen molar-refractivity contribution >= 4 is 28.8 Å². The first-order valence-corrected chi connectivity index (χ1v) is 9.60. The van der Waals surface area contributed by atoms with Crippen molar-refractivity contribution in [3.05, 3.63) is 83.9 Å².